The largest absolute Gasteiger partial charge is 0.388 e. The van der Waals surface area contributed by atoms with Gasteiger partial charge in [0.2, 0.25) is 0 Å². The first kappa shape index (κ1) is 10.1. The van der Waals surface area contributed by atoms with Crippen LogP contribution in [0.5, 0.6) is 0 Å². The number of aliphatic hydroxyl groups excluding tert-OH is 1. The van der Waals surface area contributed by atoms with Crippen molar-refractivity contribution >= 4 is 33.9 Å². The van der Waals surface area contributed by atoms with E-state index in [1.807, 2.05) is 11.4 Å². The molecular formula is C9H9IN2OS. The summed E-state index contributed by atoms with van der Waals surface area (Å²) in [5.74, 6) is 0.818. The average molecular weight is 320 g/mol. The molecule has 0 radical (unpaired) electrons. The first-order chi connectivity index (χ1) is 6.75. The fourth-order valence-electron chi connectivity index (χ4n) is 1.21. The van der Waals surface area contributed by atoms with Crippen molar-refractivity contribution in [2.24, 2.45) is 0 Å². The smallest absolute Gasteiger partial charge is 0.108 e. The Morgan fingerprint density at radius 1 is 1.64 bits per heavy atom. The van der Waals surface area contributed by atoms with E-state index in [1.165, 1.54) is 2.88 Å². The minimum atomic E-state index is -0.457. The van der Waals surface area contributed by atoms with Crippen LogP contribution in [0.2, 0.25) is 0 Å². The quantitative estimate of drug-likeness (QED) is 0.853. The van der Waals surface area contributed by atoms with Crippen LogP contribution in [0.25, 0.3) is 0 Å². The number of thiophene rings is 1. The van der Waals surface area contributed by atoms with Gasteiger partial charge in [-0.1, -0.05) is 0 Å². The zero-order valence-electron chi connectivity index (χ0n) is 7.27. The Morgan fingerprint density at radius 3 is 3.07 bits per heavy atom. The Balaban J connectivity index is 2.06. The van der Waals surface area contributed by atoms with Gasteiger partial charge in [-0.15, -0.1) is 11.3 Å². The lowest BCUT2D eigenvalue weighted by molar-refractivity contribution is 0.176. The number of nitrogens with one attached hydrogen (secondary N) is 1. The normalized spacial score (nSPS) is 13.0. The summed E-state index contributed by atoms with van der Waals surface area (Å²) in [6.45, 7) is 0. The molecule has 1 unspecified atom stereocenters. The summed E-state index contributed by atoms with van der Waals surface area (Å²) in [6, 6.07) is 2.00. The third-order valence-electron chi connectivity index (χ3n) is 1.91. The summed E-state index contributed by atoms with van der Waals surface area (Å²) in [7, 11) is 0. The standard InChI is InChI=1S/C9H9IN2OS/c10-8-3-6(5-14-8)7(13)4-9-11-1-2-12-9/h1-3,5,7,13H,4H2,(H,11,12). The van der Waals surface area contributed by atoms with E-state index < -0.39 is 6.10 Å². The van der Waals surface area contributed by atoms with Crippen LogP contribution in [-0.2, 0) is 6.42 Å². The van der Waals surface area contributed by atoms with Crippen LogP contribution in [0, 0.1) is 2.88 Å². The van der Waals surface area contributed by atoms with E-state index in [1.54, 1.807) is 23.7 Å². The van der Waals surface area contributed by atoms with Crippen LogP contribution >= 0.6 is 33.9 Å². The van der Waals surface area contributed by atoms with Crippen molar-refractivity contribution in [2.45, 2.75) is 12.5 Å². The zero-order valence-corrected chi connectivity index (χ0v) is 10.2. The van der Waals surface area contributed by atoms with Crippen molar-refractivity contribution in [3.05, 3.63) is 38.1 Å². The van der Waals surface area contributed by atoms with Gasteiger partial charge in [-0.2, -0.15) is 0 Å². The molecule has 14 heavy (non-hydrogen) atoms. The average Bonchev–Trinajstić information content (AvgIpc) is 2.75. The first-order valence-electron chi connectivity index (χ1n) is 4.16. The lowest BCUT2D eigenvalue weighted by atomic mass is 10.1. The van der Waals surface area contributed by atoms with Gasteiger partial charge in [0.15, 0.2) is 0 Å². The summed E-state index contributed by atoms with van der Waals surface area (Å²) in [6.07, 6.45) is 3.54. The van der Waals surface area contributed by atoms with Crippen LogP contribution in [0.15, 0.2) is 23.8 Å². The number of H-pyrrole nitrogens is 1. The second kappa shape index (κ2) is 4.41. The molecule has 2 aromatic heterocycles. The van der Waals surface area contributed by atoms with Crippen LogP contribution in [0.3, 0.4) is 0 Å². The van der Waals surface area contributed by atoms with E-state index >= 15 is 0 Å². The molecular weight excluding hydrogens is 311 g/mol. The molecule has 74 valence electrons. The number of aliphatic hydroxyl groups is 1. The van der Waals surface area contributed by atoms with Crippen LogP contribution < -0.4 is 0 Å². The van der Waals surface area contributed by atoms with Gasteiger partial charge >= 0.3 is 0 Å². The fourth-order valence-corrected chi connectivity index (χ4v) is 2.63. The first-order valence-corrected chi connectivity index (χ1v) is 6.12. The van der Waals surface area contributed by atoms with Gasteiger partial charge in [0, 0.05) is 18.8 Å². The predicted octanol–water partition coefficient (Wildman–Crippen LogP) is 2.35. The molecule has 2 heterocycles. The monoisotopic (exact) mass is 320 g/mol. The van der Waals surface area contributed by atoms with E-state index in [0.29, 0.717) is 6.42 Å². The molecule has 0 aliphatic rings. The van der Waals surface area contributed by atoms with Gasteiger partial charge in [-0.3, -0.25) is 0 Å². The third-order valence-corrected chi connectivity index (χ3v) is 3.72. The highest BCUT2D eigenvalue weighted by Gasteiger charge is 2.11. The lowest BCUT2D eigenvalue weighted by Crippen LogP contribution is -2.01. The summed E-state index contributed by atoms with van der Waals surface area (Å²) in [5.41, 5.74) is 0.968. The van der Waals surface area contributed by atoms with Crippen molar-refractivity contribution in [1.29, 1.82) is 0 Å². The molecule has 0 saturated carbocycles. The Bertz CT molecular complexity index is 399. The van der Waals surface area contributed by atoms with Gasteiger partial charge < -0.3 is 10.1 Å². The molecule has 5 heteroatoms. The molecule has 0 aliphatic carbocycles. The number of hydrogen-bond acceptors (Lipinski definition) is 3. The fraction of sp³-hybridized carbons (Fsp3) is 0.222. The molecule has 0 bridgehead atoms. The minimum absolute atomic E-state index is 0.457. The zero-order chi connectivity index (χ0) is 9.97. The van der Waals surface area contributed by atoms with Crippen molar-refractivity contribution in [2.75, 3.05) is 0 Å². The van der Waals surface area contributed by atoms with E-state index in [-0.39, 0.29) is 0 Å². The third kappa shape index (κ3) is 2.34. The van der Waals surface area contributed by atoms with E-state index in [4.69, 9.17) is 0 Å². The molecule has 3 nitrogen and oxygen atoms in total. The Morgan fingerprint density at radius 2 is 2.50 bits per heavy atom. The highest BCUT2D eigenvalue weighted by molar-refractivity contribution is 14.1. The molecule has 0 aromatic carbocycles. The number of aromatic nitrogens is 2. The van der Waals surface area contributed by atoms with Crippen LogP contribution in [0.4, 0.5) is 0 Å². The van der Waals surface area contributed by atoms with Crippen molar-refractivity contribution in [3.8, 4) is 0 Å². The summed E-state index contributed by atoms with van der Waals surface area (Å²) in [4.78, 5) is 7.05. The van der Waals surface area contributed by atoms with Gasteiger partial charge in [0.05, 0.1) is 8.99 Å². The molecule has 2 N–H and O–H groups in total. The van der Waals surface area contributed by atoms with Gasteiger partial charge in [-0.25, -0.2) is 4.98 Å². The maximum atomic E-state index is 9.85. The van der Waals surface area contributed by atoms with Crippen molar-refractivity contribution in [3.63, 3.8) is 0 Å². The SMILES string of the molecule is OC(Cc1ncc[nH]1)c1csc(I)c1. The molecule has 0 amide bonds. The van der Waals surface area contributed by atoms with Crippen LogP contribution in [0.1, 0.15) is 17.5 Å². The predicted molar refractivity (Wildman–Crippen MR) is 64.3 cm³/mol. The second-order valence-electron chi connectivity index (χ2n) is 2.94. The van der Waals surface area contributed by atoms with E-state index in [2.05, 4.69) is 32.6 Å². The van der Waals surface area contributed by atoms with E-state index in [9.17, 15) is 5.11 Å². The summed E-state index contributed by atoms with van der Waals surface area (Å²) >= 11 is 3.89. The molecule has 0 fully saturated rings. The number of aromatic amines is 1. The second-order valence-corrected chi connectivity index (χ2v) is 5.75. The number of halogens is 1. The summed E-state index contributed by atoms with van der Waals surface area (Å²) in [5, 5.41) is 11.8. The molecule has 0 spiro atoms. The number of rotatable bonds is 3. The van der Waals surface area contributed by atoms with Gasteiger partial charge in [0.1, 0.15) is 5.82 Å². The van der Waals surface area contributed by atoms with E-state index in [0.717, 1.165) is 11.4 Å². The molecule has 0 saturated heterocycles. The Labute approximate surface area is 99.3 Å². The highest BCUT2D eigenvalue weighted by Crippen LogP contribution is 2.23. The number of nitrogens with zero attached hydrogens (tertiary/aromatic N) is 1. The van der Waals surface area contributed by atoms with Crippen molar-refractivity contribution < 1.29 is 5.11 Å². The van der Waals surface area contributed by atoms with Gasteiger partial charge in [0.25, 0.3) is 0 Å². The summed E-state index contributed by atoms with van der Waals surface area (Å²) < 4.78 is 1.19. The highest BCUT2D eigenvalue weighted by atomic mass is 127. The van der Waals surface area contributed by atoms with Crippen LogP contribution in [-0.4, -0.2) is 15.1 Å². The Hall–Kier alpha value is -0.400. The lowest BCUT2D eigenvalue weighted by Gasteiger charge is -2.05. The molecule has 2 aromatic rings. The van der Waals surface area contributed by atoms with Crippen molar-refractivity contribution in [1.82, 2.24) is 9.97 Å². The topological polar surface area (TPSA) is 48.9 Å². The molecule has 2 rings (SSSR count). The maximum absolute atomic E-state index is 9.85. The Kier molecular flexibility index (Phi) is 3.19. The maximum Gasteiger partial charge on any atom is 0.108 e. The minimum Gasteiger partial charge on any atom is -0.388 e. The number of hydrogen-bond donors (Lipinski definition) is 2. The molecule has 0 aliphatic heterocycles. The molecule has 1 atom stereocenters. The van der Waals surface area contributed by atoms with Gasteiger partial charge in [-0.05, 0) is 39.6 Å². The number of imidazole rings is 1.